The van der Waals surface area contributed by atoms with Crippen molar-refractivity contribution in [2.75, 3.05) is 0 Å². The van der Waals surface area contributed by atoms with E-state index in [1.807, 2.05) is 35.3 Å². The molecule has 0 aliphatic heterocycles. The lowest BCUT2D eigenvalue weighted by atomic mass is 10.1. The molecule has 2 aromatic heterocycles. The third-order valence-electron chi connectivity index (χ3n) is 4.83. The molecule has 6 heteroatoms. The van der Waals surface area contributed by atoms with Crippen LogP contribution in [0.2, 0.25) is 0 Å². The summed E-state index contributed by atoms with van der Waals surface area (Å²) in [5.41, 5.74) is 3.69. The van der Waals surface area contributed by atoms with Crippen LogP contribution in [0.5, 0.6) is 0 Å². The SMILES string of the molecule is Cc1ccccc1C=Cc1nc(=S)n(CN(Cc2ccncc2)C2CC2)[nH]1. The van der Waals surface area contributed by atoms with Gasteiger partial charge in [-0.15, -0.1) is 0 Å². The molecule has 0 saturated heterocycles. The first-order chi connectivity index (χ1) is 13.2. The minimum atomic E-state index is 0.583. The van der Waals surface area contributed by atoms with Crippen LogP contribution in [-0.2, 0) is 13.2 Å². The van der Waals surface area contributed by atoms with Crippen molar-refractivity contribution in [1.82, 2.24) is 24.6 Å². The summed E-state index contributed by atoms with van der Waals surface area (Å²) in [6.45, 7) is 3.71. The summed E-state index contributed by atoms with van der Waals surface area (Å²) >= 11 is 5.47. The molecular weight excluding hydrogens is 354 g/mol. The number of H-pyrrole nitrogens is 1. The highest BCUT2D eigenvalue weighted by Gasteiger charge is 2.29. The Hall–Kier alpha value is -2.57. The largest absolute Gasteiger partial charge is 0.278 e. The molecule has 27 heavy (non-hydrogen) atoms. The molecule has 1 fully saturated rings. The fourth-order valence-electron chi connectivity index (χ4n) is 3.13. The van der Waals surface area contributed by atoms with E-state index < -0.39 is 0 Å². The number of nitrogens with one attached hydrogen (secondary N) is 1. The topological polar surface area (TPSA) is 49.7 Å². The zero-order valence-corrected chi connectivity index (χ0v) is 16.2. The summed E-state index contributed by atoms with van der Waals surface area (Å²) in [5.74, 6) is 0.780. The molecule has 1 aliphatic carbocycles. The number of aromatic nitrogens is 4. The van der Waals surface area contributed by atoms with E-state index in [1.165, 1.54) is 29.5 Å². The van der Waals surface area contributed by atoms with Crippen LogP contribution in [0.3, 0.4) is 0 Å². The van der Waals surface area contributed by atoms with Gasteiger partial charge in [-0.3, -0.25) is 15.0 Å². The maximum absolute atomic E-state index is 5.47. The predicted octanol–water partition coefficient (Wildman–Crippen LogP) is 4.44. The van der Waals surface area contributed by atoms with Crippen molar-refractivity contribution < 1.29 is 0 Å². The highest BCUT2D eigenvalue weighted by molar-refractivity contribution is 7.71. The average molecular weight is 378 g/mol. The van der Waals surface area contributed by atoms with Crippen LogP contribution in [0.4, 0.5) is 0 Å². The standard InChI is InChI=1S/C21H23N5S/c1-16-4-2-3-5-18(16)6-9-20-23-21(27)26(24-20)15-25(19-7-8-19)14-17-10-12-22-13-11-17/h2-6,9-13,19H,7-8,14-15H2,1H3,(H,23,24,27). The zero-order chi connectivity index (χ0) is 18.6. The van der Waals surface area contributed by atoms with Gasteiger partial charge in [-0.2, -0.15) is 4.98 Å². The number of hydrogen-bond donors (Lipinski definition) is 1. The smallest absolute Gasteiger partial charge is 0.217 e. The second-order valence-corrected chi connectivity index (χ2v) is 7.35. The average Bonchev–Trinajstić information content (AvgIpc) is 3.46. The van der Waals surface area contributed by atoms with E-state index in [9.17, 15) is 0 Å². The molecule has 2 heterocycles. The predicted molar refractivity (Wildman–Crippen MR) is 110 cm³/mol. The highest BCUT2D eigenvalue weighted by Crippen LogP contribution is 2.28. The monoisotopic (exact) mass is 377 g/mol. The summed E-state index contributed by atoms with van der Waals surface area (Å²) in [6, 6.07) is 13.0. The second kappa shape index (κ2) is 7.98. The maximum atomic E-state index is 5.47. The van der Waals surface area contributed by atoms with Crippen molar-refractivity contribution in [3.05, 3.63) is 76.1 Å². The van der Waals surface area contributed by atoms with Crippen molar-refractivity contribution in [1.29, 1.82) is 0 Å². The lowest BCUT2D eigenvalue weighted by Crippen LogP contribution is -2.29. The highest BCUT2D eigenvalue weighted by atomic mass is 32.1. The first kappa shape index (κ1) is 17.8. The fourth-order valence-corrected chi connectivity index (χ4v) is 3.33. The van der Waals surface area contributed by atoms with Gasteiger partial charge >= 0.3 is 0 Å². The van der Waals surface area contributed by atoms with Gasteiger partial charge in [0.05, 0.1) is 6.67 Å². The molecule has 1 aliphatic rings. The van der Waals surface area contributed by atoms with Gasteiger partial charge in [0.25, 0.3) is 0 Å². The number of aromatic amines is 1. The van der Waals surface area contributed by atoms with E-state index >= 15 is 0 Å². The quantitative estimate of drug-likeness (QED) is 0.619. The molecule has 4 rings (SSSR count). The van der Waals surface area contributed by atoms with Gasteiger partial charge in [-0.05, 0) is 66.9 Å². The van der Waals surface area contributed by atoms with Crippen LogP contribution in [0.1, 0.15) is 35.4 Å². The van der Waals surface area contributed by atoms with Crippen LogP contribution < -0.4 is 0 Å². The summed E-state index contributed by atoms with van der Waals surface area (Å²) in [6.07, 6.45) is 10.2. The molecule has 0 bridgehead atoms. The van der Waals surface area contributed by atoms with E-state index in [4.69, 9.17) is 12.2 Å². The van der Waals surface area contributed by atoms with Gasteiger partial charge in [0, 0.05) is 25.0 Å². The van der Waals surface area contributed by atoms with Crippen LogP contribution in [0, 0.1) is 11.7 Å². The van der Waals surface area contributed by atoms with Crippen LogP contribution >= 0.6 is 12.2 Å². The summed E-state index contributed by atoms with van der Waals surface area (Å²) in [4.78, 5) is 11.0. The Bertz CT molecular complexity index is 985. The molecular formula is C21H23N5S. The Morgan fingerprint density at radius 1 is 1.19 bits per heavy atom. The first-order valence-electron chi connectivity index (χ1n) is 9.22. The molecule has 138 valence electrons. The van der Waals surface area contributed by atoms with Crippen molar-refractivity contribution in [2.24, 2.45) is 0 Å². The molecule has 0 atom stereocenters. The molecule has 0 amide bonds. The second-order valence-electron chi connectivity index (χ2n) is 6.98. The Labute approximate surface area is 164 Å². The molecule has 1 N–H and O–H groups in total. The Morgan fingerprint density at radius 2 is 1.96 bits per heavy atom. The van der Waals surface area contributed by atoms with Crippen LogP contribution in [-0.4, -0.2) is 30.7 Å². The zero-order valence-electron chi connectivity index (χ0n) is 15.4. The molecule has 0 spiro atoms. The third kappa shape index (κ3) is 4.59. The minimum absolute atomic E-state index is 0.583. The molecule has 1 aromatic carbocycles. The van der Waals surface area contributed by atoms with Gasteiger partial charge in [0.15, 0.2) is 0 Å². The number of benzene rings is 1. The Morgan fingerprint density at radius 3 is 2.70 bits per heavy atom. The number of nitrogens with zero attached hydrogens (tertiary/aromatic N) is 4. The van der Waals surface area contributed by atoms with E-state index in [2.05, 4.69) is 57.2 Å². The number of hydrogen-bond acceptors (Lipinski definition) is 4. The Balaban J connectivity index is 1.49. The number of aryl methyl sites for hydroxylation is 1. The normalized spacial score (nSPS) is 14.3. The molecule has 0 radical (unpaired) electrons. The van der Waals surface area contributed by atoms with E-state index in [-0.39, 0.29) is 0 Å². The Kier molecular flexibility index (Phi) is 5.27. The minimum Gasteiger partial charge on any atom is -0.278 e. The van der Waals surface area contributed by atoms with Crippen molar-refractivity contribution in [3.8, 4) is 0 Å². The molecule has 5 nitrogen and oxygen atoms in total. The fraction of sp³-hybridized carbons (Fsp3) is 0.286. The van der Waals surface area contributed by atoms with E-state index in [1.54, 1.807) is 0 Å². The number of rotatable bonds is 7. The van der Waals surface area contributed by atoms with Gasteiger partial charge in [-0.25, -0.2) is 4.68 Å². The van der Waals surface area contributed by atoms with Gasteiger partial charge in [0.1, 0.15) is 5.82 Å². The van der Waals surface area contributed by atoms with Crippen LogP contribution in [0.25, 0.3) is 12.2 Å². The number of pyridine rings is 1. The van der Waals surface area contributed by atoms with Gasteiger partial charge < -0.3 is 0 Å². The van der Waals surface area contributed by atoms with Crippen molar-refractivity contribution in [3.63, 3.8) is 0 Å². The van der Waals surface area contributed by atoms with Crippen LogP contribution in [0.15, 0.2) is 48.8 Å². The lowest BCUT2D eigenvalue weighted by molar-refractivity contribution is 0.186. The first-order valence-corrected chi connectivity index (χ1v) is 9.63. The summed E-state index contributed by atoms with van der Waals surface area (Å²) in [7, 11) is 0. The third-order valence-corrected chi connectivity index (χ3v) is 5.14. The lowest BCUT2D eigenvalue weighted by Gasteiger charge is -2.22. The summed E-state index contributed by atoms with van der Waals surface area (Å²) < 4.78 is 2.53. The van der Waals surface area contributed by atoms with Crippen molar-refractivity contribution in [2.45, 2.75) is 39.0 Å². The molecule has 3 aromatic rings. The van der Waals surface area contributed by atoms with E-state index in [0.717, 1.165) is 19.0 Å². The van der Waals surface area contributed by atoms with E-state index in [0.29, 0.717) is 10.8 Å². The van der Waals surface area contributed by atoms with Gasteiger partial charge in [0.2, 0.25) is 4.77 Å². The molecule has 0 unspecified atom stereocenters. The summed E-state index contributed by atoms with van der Waals surface area (Å²) in [5, 5.41) is 3.33. The van der Waals surface area contributed by atoms with Gasteiger partial charge in [-0.1, -0.05) is 30.3 Å². The maximum Gasteiger partial charge on any atom is 0.217 e. The molecule has 1 saturated carbocycles. The van der Waals surface area contributed by atoms with Crippen molar-refractivity contribution >= 4 is 24.4 Å².